The van der Waals surface area contributed by atoms with E-state index >= 15 is 0 Å². The van der Waals surface area contributed by atoms with Gasteiger partial charge in [0.25, 0.3) is 0 Å². The van der Waals surface area contributed by atoms with Gasteiger partial charge in [-0.1, -0.05) is 23.7 Å². The minimum Gasteiger partial charge on any atom is -0.507 e. The van der Waals surface area contributed by atoms with Crippen molar-refractivity contribution in [1.82, 2.24) is 4.98 Å². The lowest BCUT2D eigenvalue weighted by molar-refractivity contribution is 0.284. The molecule has 0 atom stereocenters. The van der Waals surface area contributed by atoms with Crippen molar-refractivity contribution in [2.75, 3.05) is 0 Å². The van der Waals surface area contributed by atoms with E-state index in [0.29, 0.717) is 33.2 Å². The monoisotopic (exact) mass is 423 g/mol. The van der Waals surface area contributed by atoms with Crippen LogP contribution >= 0.6 is 11.6 Å². The molecule has 1 heterocycles. The number of hydrogen-bond acceptors (Lipinski definition) is 4. The van der Waals surface area contributed by atoms with Gasteiger partial charge in [0.15, 0.2) is 0 Å². The van der Waals surface area contributed by atoms with Crippen LogP contribution in [-0.4, -0.2) is 10.1 Å². The normalized spacial score (nSPS) is 10.9. The molecule has 0 radical (unpaired) electrons. The Morgan fingerprint density at radius 3 is 2.50 bits per heavy atom. The minimum atomic E-state index is -0.286. The van der Waals surface area contributed by atoms with Crippen molar-refractivity contribution in [3.63, 3.8) is 0 Å². The second kappa shape index (κ2) is 8.59. The predicted molar refractivity (Wildman–Crippen MR) is 115 cm³/mol. The molecule has 0 aliphatic heterocycles. The van der Waals surface area contributed by atoms with Crippen molar-refractivity contribution < 1.29 is 19.0 Å². The molecule has 6 heteroatoms. The summed E-state index contributed by atoms with van der Waals surface area (Å²) in [6, 6.07) is 18.7. The molecule has 1 aromatic heterocycles. The van der Waals surface area contributed by atoms with Crippen LogP contribution < -0.4 is 9.47 Å². The molecule has 4 aromatic rings. The van der Waals surface area contributed by atoms with Crippen molar-refractivity contribution in [2.24, 2.45) is 0 Å². The quantitative estimate of drug-likeness (QED) is 0.401. The van der Waals surface area contributed by atoms with E-state index in [9.17, 15) is 9.50 Å². The Morgan fingerprint density at radius 2 is 1.70 bits per heavy atom. The fourth-order valence-electron chi connectivity index (χ4n) is 3.11. The molecule has 0 aliphatic carbocycles. The summed E-state index contributed by atoms with van der Waals surface area (Å²) in [6.45, 7) is 2.24. The fourth-order valence-corrected chi connectivity index (χ4v) is 3.40. The third-order valence-corrected chi connectivity index (χ3v) is 4.86. The first-order chi connectivity index (χ1) is 14.5. The first kappa shape index (κ1) is 20.0. The zero-order valence-electron chi connectivity index (χ0n) is 16.2. The van der Waals surface area contributed by atoms with Gasteiger partial charge in [0.1, 0.15) is 36.3 Å². The lowest BCUT2D eigenvalue weighted by Gasteiger charge is -2.12. The number of rotatable bonds is 6. The van der Waals surface area contributed by atoms with E-state index in [1.165, 1.54) is 12.1 Å². The number of pyridine rings is 1. The second-order valence-corrected chi connectivity index (χ2v) is 7.36. The van der Waals surface area contributed by atoms with E-state index < -0.39 is 0 Å². The average molecular weight is 424 g/mol. The highest BCUT2D eigenvalue weighted by Crippen LogP contribution is 2.28. The highest BCUT2D eigenvalue weighted by molar-refractivity contribution is 6.30. The number of nitrogens with zero attached hydrogens (tertiary/aromatic N) is 1. The van der Waals surface area contributed by atoms with Crippen molar-refractivity contribution >= 4 is 22.5 Å². The first-order valence-corrected chi connectivity index (χ1v) is 9.74. The van der Waals surface area contributed by atoms with E-state index in [4.69, 9.17) is 21.1 Å². The largest absolute Gasteiger partial charge is 0.507 e. The Labute approximate surface area is 178 Å². The average Bonchev–Trinajstić information content (AvgIpc) is 2.74. The highest BCUT2D eigenvalue weighted by atomic mass is 35.5. The molecule has 30 heavy (non-hydrogen) atoms. The molecule has 0 saturated carbocycles. The first-order valence-electron chi connectivity index (χ1n) is 9.37. The third kappa shape index (κ3) is 4.63. The van der Waals surface area contributed by atoms with Crippen LogP contribution in [0.25, 0.3) is 10.9 Å². The zero-order valence-corrected chi connectivity index (χ0v) is 17.0. The number of hydrogen-bond donors (Lipinski definition) is 1. The van der Waals surface area contributed by atoms with Crippen molar-refractivity contribution in [2.45, 2.75) is 20.1 Å². The molecule has 0 bridgehead atoms. The number of ether oxygens (including phenoxy) is 2. The predicted octanol–water partition coefficient (Wildman–Crippen LogP) is 6.20. The van der Waals surface area contributed by atoms with Gasteiger partial charge >= 0.3 is 0 Å². The molecular formula is C24H19ClFNO3. The number of phenols is 1. The molecular weight excluding hydrogens is 405 g/mol. The summed E-state index contributed by atoms with van der Waals surface area (Å²) in [5.74, 6) is 1.12. The second-order valence-electron chi connectivity index (χ2n) is 6.92. The van der Waals surface area contributed by atoms with Gasteiger partial charge in [0.05, 0.1) is 11.2 Å². The van der Waals surface area contributed by atoms with Crippen LogP contribution in [0.5, 0.6) is 17.2 Å². The van der Waals surface area contributed by atoms with E-state index in [1.54, 1.807) is 31.2 Å². The summed E-state index contributed by atoms with van der Waals surface area (Å²) < 4.78 is 24.9. The number of phenolic OH excluding ortho intramolecular Hbond substituents is 1. The highest BCUT2D eigenvalue weighted by Gasteiger charge is 2.08. The van der Waals surface area contributed by atoms with Crippen LogP contribution in [0.1, 0.15) is 16.8 Å². The molecule has 4 nitrogen and oxygen atoms in total. The maximum absolute atomic E-state index is 13.3. The van der Waals surface area contributed by atoms with E-state index in [1.807, 2.05) is 30.3 Å². The Hall–Kier alpha value is -3.31. The molecule has 152 valence electrons. The van der Waals surface area contributed by atoms with Crippen LogP contribution in [0.3, 0.4) is 0 Å². The van der Waals surface area contributed by atoms with Crippen LogP contribution in [0.15, 0.2) is 66.7 Å². The van der Waals surface area contributed by atoms with Gasteiger partial charge in [-0.2, -0.15) is 0 Å². The smallest absolute Gasteiger partial charge is 0.130 e. The molecule has 0 fully saturated rings. The number of benzene rings is 3. The van der Waals surface area contributed by atoms with Crippen LogP contribution in [0.4, 0.5) is 4.39 Å². The summed E-state index contributed by atoms with van der Waals surface area (Å²) >= 11 is 6.06. The van der Waals surface area contributed by atoms with Crippen LogP contribution in [-0.2, 0) is 13.2 Å². The maximum atomic E-state index is 13.3. The Balaban J connectivity index is 1.42. The van der Waals surface area contributed by atoms with E-state index in [2.05, 4.69) is 4.98 Å². The number of aromatic hydroxyl groups is 1. The number of aromatic nitrogens is 1. The van der Waals surface area contributed by atoms with Crippen molar-refractivity contribution in [3.05, 3.63) is 94.4 Å². The van der Waals surface area contributed by atoms with Gasteiger partial charge in [-0.3, -0.25) is 0 Å². The fraction of sp³-hybridized carbons (Fsp3) is 0.125. The molecule has 0 saturated heterocycles. The van der Waals surface area contributed by atoms with Gasteiger partial charge in [-0.25, -0.2) is 9.37 Å². The van der Waals surface area contributed by atoms with Crippen LogP contribution in [0.2, 0.25) is 5.02 Å². The standard InChI is InChI=1S/C24H19ClFNO3/c1-15-9-18(25)10-17(24(15)28)13-29-21-3-2-4-22(12-21)30-14-20-7-5-16-11-19(26)6-8-23(16)27-20/h2-12,28H,13-14H2,1H3. The third-order valence-electron chi connectivity index (χ3n) is 4.64. The summed E-state index contributed by atoms with van der Waals surface area (Å²) in [5.41, 5.74) is 2.76. The molecule has 0 spiro atoms. The SMILES string of the molecule is Cc1cc(Cl)cc(COc2cccc(OCc3ccc4cc(F)ccc4n3)c2)c1O. The number of aryl methyl sites for hydroxylation is 1. The molecule has 0 aliphatic rings. The van der Waals surface area contributed by atoms with E-state index in [-0.39, 0.29) is 24.8 Å². The number of fused-ring (bicyclic) bond motifs is 1. The van der Waals surface area contributed by atoms with Gasteiger partial charge < -0.3 is 14.6 Å². The molecule has 0 amide bonds. The Bertz CT molecular complexity index is 1210. The number of halogens is 2. The lowest BCUT2D eigenvalue weighted by atomic mass is 10.1. The Morgan fingerprint density at radius 1 is 0.933 bits per heavy atom. The summed E-state index contributed by atoms with van der Waals surface area (Å²) in [4.78, 5) is 4.49. The van der Waals surface area contributed by atoms with Gasteiger partial charge in [0, 0.05) is 22.0 Å². The minimum absolute atomic E-state index is 0.175. The Kier molecular flexibility index (Phi) is 5.72. The summed E-state index contributed by atoms with van der Waals surface area (Å²) in [5, 5.41) is 11.5. The lowest BCUT2D eigenvalue weighted by Crippen LogP contribution is -2.00. The van der Waals surface area contributed by atoms with E-state index in [0.717, 1.165) is 11.1 Å². The topological polar surface area (TPSA) is 51.6 Å². The molecule has 4 rings (SSSR count). The van der Waals surface area contributed by atoms with Gasteiger partial charge in [-0.15, -0.1) is 0 Å². The molecule has 3 aromatic carbocycles. The van der Waals surface area contributed by atoms with Gasteiger partial charge in [-0.05, 0) is 61.0 Å². The summed E-state index contributed by atoms with van der Waals surface area (Å²) in [7, 11) is 0. The summed E-state index contributed by atoms with van der Waals surface area (Å²) in [6.07, 6.45) is 0. The maximum Gasteiger partial charge on any atom is 0.130 e. The molecule has 0 unspecified atom stereocenters. The zero-order chi connectivity index (χ0) is 21.1. The van der Waals surface area contributed by atoms with Crippen molar-refractivity contribution in [1.29, 1.82) is 0 Å². The van der Waals surface area contributed by atoms with Crippen molar-refractivity contribution in [3.8, 4) is 17.2 Å². The van der Waals surface area contributed by atoms with Crippen LogP contribution in [0, 0.1) is 12.7 Å². The van der Waals surface area contributed by atoms with Gasteiger partial charge in [0.2, 0.25) is 0 Å². The molecule has 1 N–H and O–H groups in total.